The number of carbonyl (C=O) groups is 1. The lowest BCUT2D eigenvalue weighted by atomic mass is 10.2. The number of rotatable bonds is 4. The van der Waals surface area contributed by atoms with Gasteiger partial charge in [-0.05, 0) is 54.6 Å². The first-order valence-electron chi connectivity index (χ1n) is 10.9. The van der Waals surface area contributed by atoms with Gasteiger partial charge in [0.15, 0.2) is 7.36 Å². The number of benzene rings is 2. The number of nitrogens with zero attached hydrogens (tertiary/aromatic N) is 4. The molecule has 1 fully saturated rings. The summed E-state index contributed by atoms with van der Waals surface area (Å²) in [6.45, 7) is 2.52. The summed E-state index contributed by atoms with van der Waals surface area (Å²) in [5.41, 5.74) is 1.59. The van der Waals surface area contributed by atoms with Crippen molar-refractivity contribution < 1.29 is 18.7 Å². The second-order valence-corrected chi connectivity index (χ2v) is 12.9. The quantitative estimate of drug-likeness (QED) is 0.291. The molecule has 0 N–H and O–H groups in total. The van der Waals surface area contributed by atoms with E-state index in [1.54, 1.807) is 12.1 Å². The molecule has 0 bridgehead atoms. The van der Waals surface area contributed by atoms with Crippen molar-refractivity contribution in [3.8, 4) is 0 Å². The lowest BCUT2D eigenvalue weighted by Crippen LogP contribution is -2.45. The Morgan fingerprint density at radius 3 is 2.51 bits per heavy atom. The summed E-state index contributed by atoms with van der Waals surface area (Å²) in [5.74, 6) is -0.0443. The molecule has 11 heteroatoms. The van der Waals surface area contributed by atoms with Crippen LogP contribution < -0.4 is 5.30 Å². The molecule has 2 aliphatic rings. The molecular weight excluding hydrogens is 554 g/mol. The number of hydrogen-bond donors (Lipinski definition) is 0. The van der Waals surface area contributed by atoms with Gasteiger partial charge < -0.3 is 14.1 Å². The van der Waals surface area contributed by atoms with Crippen molar-refractivity contribution >= 4 is 62.4 Å². The molecule has 3 aromatic rings. The predicted molar refractivity (Wildman–Crippen MR) is 141 cm³/mol. The maximum atomic E-state index is 13.7. The smallest absolute Gasteiger partial charge is 0.348 e. The van der Waals surface area contributed by atoms with E-state index >= 15 is 0 Å². The van der Waals surface area contributed by atoms with Crippen LogP contribution in [0.5, 0.6) is 0 Å². The standard InChI is InChI=1S/C24H23BrFN4O3PS/c1-29-22(16-3-7-18(26)8-4-16)27-23-20(15-21(35-23)24(31)32-2)34(29,30-11-13-33-14-12-30)28-19-9-5-17(25)6-10-19/h3-10,15H,11-14H2,1-2H3/t34-/m1/s1. The van der Waals surface area contributed by atoms with Gasteiger partial charge in [0, 0.05) is 30.2 Å². The maximum Gasteiger partial charge on any atom is 0.348 e. The summed E-state index contributed by atoms with van der Waals surface area (Å²) < 4.78 is 35.3. The van der Waals surface area contributed by atoms with Crippen molar-refractivity contribution in [1.82, 2.24) is 9.34 Å². The zero-order chi connectivity index (χ0) is 24.6. The fourth-order valence-electron chi connectivity index (χ4n) is 4.21. The molecule has 0 amide bonds. The highest BCUT2D eigenvalue weighted by Gasteiger charge is 2.43. The Morgan fingerprint density at radius 1 is 1.17 bits per heavy atom. The van der Waals surface area contributed by atoms with E-state index in [0.717, 1.165) is 21.0 Å². The number of hydrogen-bond acceptors (Lipinski definition) is 6. The number of methoxy groups -OCH3 is 1. The van der Waals surface area contributed by atoms with Crippen LogP contribution in [-0.2, 0) is 9.47 Å². The molecule has 0 aliphatic carbocycles. The summed E-state index contributed by atoms with van der Waals surface area (Å²) in [6.07, 6.45) is 0. The van der Waals surface area contributed by atoms with Crippen LogP contribution in [0.15, 0.2) is 68.8 Å². The second kappa shape index (κ2) is 9.95. The van der Waals surface area contributed by atoms with Crippen LogP contribution in [0.3, 0.4) is 0 Å². The van der Waals surface area contributed by atoms with Crippen molar-refractivity contribution in [2.75, 3.05) is 40.5 Å². The van der Waals surface area contributed by atoms with Gasteiger partial charge in [0.2, 0.25) is 0 Å². The molecule has 0 saturated carbocycles. The van der Waals surface area contributed by atoms with Gasteiger partial charge >= 0.3 is 5.97 Å². The van der Waals surface area contributed by atoms with Crippen molar-refractivity contribution in [3.05, 3.63) is 75.3 Å². The van der Waals surface area contributed by atoms with Gasteiger partial charge in [-0.15, -0.1) is 11.3 Å². The topological polar surface area (TPSA) is 66.7 Å². The molecule has 35 heavy (non-hydrogen) atoms. The van der Waals surface area contributed by atoms with Crippen LogP contribution in [0.1, 0.15) is 15.2 Å². The van der Waals surface area contributed by atoms with E-state index in [-0.39, 0.29) is 5.82 Å². The lowest BCUT2D eigenvalue weighted by molar-refractivity contribution is 0.0606. The minimum Gasteiger partial charge on any atom is -0.465 e. The summed E-state index contributed by atoms with van der Waals surface area (Å²) in [5, 5.41) is 1.62. The van der Waals surface area contributed by atoms with Gasteiger partial charge in [0.1, 0.15) is 21.5 Å². The number of fused-ring (bicyclic) bond motifs is 1. The maximum absolute atomic E-state index is 13.7. The first-order chi connectivity index (χ1) is 16.9. The fourth-order valence-corrected chi connectivity index (χ4v) is 9.50. The van der Waals surface area contributed by atoms with Crippen LogP contribution in [0.2, 0.25) is 0 Å². The highest BCUT2D eigenvalue weighted by Crippen LogP contribution is 2.62. The van der Waals surface area contributed by atoms with Crippen molar-refractivity contribution in [3.63, 3.8) is 0 Å². The Morgan fingerprint density at radius 2 is 1.86 bits per heavy atom. The molecule has 0 unspecified atom stereocenters. The van der Waals surface area contributed by atoms with E-state index in [0.29, 0.717) is 42.0 Å². The molecule has 0 radical (unpaired) electrons. The average Bonchev–Trinajstić information content (AvgIpc) is 3.32. The average molecular weight is 577 g/mol. The van der Waals surface area contributed by atoms with Crippen LogP contribution in [0.4, 0.5) is 15.1 Å². The Hall–Kier alpha value is -2.36. The Bertz CT molecular complexity index is 1340. The van der Waals surface area contributed by atoms with E-state index in [2.05, 4.69) is 25.3 Å². The molecule has 5 rings (SSSR count). The van der Waals surface area contributed by atoms with Gasteiger partial charge in [0.05, 0.1) is 31.3 Å². The Kier molecular flexibility index (Phi) is 6.92. The lowest BCUT2D eigenvalue weighted by Gasteiger charge is -2.46. The monoisotopic (exact) mass is 576 g/mol. The molecule has 3 heterocycles. The number of amidine groups is 1. The Labute approximate surface area is 215 Å². The molecule has 182 valence electrons. The number of aliphatic imine (C=N–C) groups is 1. The van der Waals surface area contributed by atoms with E-state index in [4.69, 9.17) is 19.2 Å². The highest BCUT2D eigenvalue weighted by atomic mass is 79.9. The van der Waals surface area contributed by atoms with Crippen LogP contribution >= 0.6 is 34.6 Å². The zero-order valence-corrected chi connectivity index (χ0v) is 22.4. The van der Waals surface area contributed by atoms with E-state index in [9.17, 15) is 9.18 Å². The summed E-state index contributed by atoms with van der Waals surface area (Å²) in [7, 11) is 0.678. The molecule has 1 atom stereocenters. The fraction of sp³-hybridized carbons (Fsp3) is 0.250. The SMILES string of the molecule is COC(=O)c1cc2c(s1)N=C(c1ccc(F)cc1)N(C)[P@@]2(=Nc1ccc(Br)cc1)N1CCOCC1. The third-order valence-electron chi connectivity index (χ3n) is 5.90. The molecule has 0 spiro atoms. The van der Waals surface area contributed by atoms with Crippen LogP contribution in [-0.4, -0.2) is 61.6 Å². The van der Waals surface area contributed by atoms with Gasteiger partial charge in [-0.3, -0.25) is 0 Å². The van der Waals surface area contributed by atoms with Crippen LogP contribution in [0.25, 0.3) is 0 Å². The molecule has 2 aromatic carbocycles. The minimum absolute atomic E-state index is 0.314. The number of ether oxygens (including phenoxy) is 2. The first kappa shape index (κ1) is 24.3. The van der Waals surface area contributed by atoms with Gasteiger partial charge in [-0.2, -0.15) is 0 Å². The van der Waals surface area contributed by atoms with Crippen molar-refractivity contribution in [2.24, 2.45) is 9.74 Å². The molecule has 1 aromatic heterocycles. The Balaban J connectivity index is 1.80. The predicted octanol–water partition coefficient (Wildman–Crippen LogP) is 5.78. The third kappa shape index (κ3) is 4.49. The van der Waals surface area contributed by atoms with Gasteiger partial charge in [-0.25, -0.2) is 23.6 Å². The van der Waals surface area contributed by atoms with E-state index < -0.39 is 13.3 Å². The van der Waals surface area contributed by atoms with Crippen molar-refractivity contribution in [1.29, 1.82) is 0 Å². The highest BCUT2D eigenvalue weighted by molar-refractivity contribution is 9.10. The van der Waals surface area contributed by atoms with E-state index in [1.807, 2.05) is 37.4 Å². The molecule has 7 nitrogen and oxygen atoms in total. The second-order valence-electron chi connectivity index (χ2n) is 7.97. The summed E-state index contributed by atoms with van der Waals surface area (Å²) in [4.78, 5) is 17.9. The number of carbonyl (C=O) groups excluding carboxylic acids is 1. The zero-order valence-electron chi connectivity index (χ0n) is 19.1. The van der Waals surface area contributed by atoms with Gasteiger partial charge in [-0.1, -0.05) is 15.9 Å². The van der Waals surface area contributed by atoms with Crippen molar-refractivity contribution in [2.45, 2.75) is 0 Å². The normalized spacial score (nSPS) is 20.2. The molecular formula is C24H23BrFN4O3PS. The third-order valence-corrected chi connectivity index (χ3v) is 11.3. The largest absolute Gasteiger partial charge is 0.465 e. The van der Waals surface area contributed by atoms with Gasteiger partial charge in [0.25, 0.3) is 0 Å². The number of halogens is 2. The number of thiophene rings is 1. The number of morpholine rings is 1. The van der Waals surface area contributed by atoms with E-state index in [1.165, 1.54) is 30.6 Å². The number of esters is 1. The first-order valence-corrected chi connectivity index (χ1v) is 14.2. The summed E-state index contributed by atoms with van der Waals surface area (Å²) >= 11 is 4.79. The summed E-state index contributed by atoms with van der Waals surface area (Å²) in [6, 6.07) is 16.0. The molecule has 2 aliphatic heterocycles. The van der Waals surface area contributed by atoms with Crippen LogP contribution in [0, 0.1) is 5.82 Å². The minimum atomic E-state index is -2.67. The molecule has 1 saturated heterocycles.